The predicted octanol–water partition coefficient (Wildman–Crippen LogP) is 3.48. The van der Waals surface area contributed by atoms with E-state index >= 15 is 0 Å². The summed E-state index contributed by atoms with van der Waals surface area (Å²) < 4.78 is 2.32. The lowest BCUT2D eigenvalue weighted by Gasteiger charge is -2.15. The van der Waals surface area contributed by atoms with Gasteiger partial charge in [-0.15, -0.1) is 0 Å². The van der Waals surface area contributed by atoms with Gasteiger partial charge in [-0.3, -0.25) is 4.79 Å². The molecule has 0 atom stereocenters. The zero-order chi connectivity index (χ0) is 18.1. The van der Waals surface area contributed by atoms with Gasteiger partial charge in [0.25, 0.3) is 5.91 Å². The van der Waals surface area contributed by atoms with E-state index in [0.717, 1.165) is 35.5 Å². The lowest BCUT2D eigenvalue weighted by Crippen LogP contribution is -2.19. The third-order valence-electron chi connectivity index (χ3n) is 4.82. The number of nitrogens with zero attached hydrogens (tertiary/aromatic N) is 4. The highest BCUT2D eigenvalue weighted by atomic mass is 16.1. The zero-order valence-electron chi connectivity index (χ0n) is 15.2. The largest absolute Gasteiger partial charge is 0.362 e. The Morgan fingerprint density at radius 3 is 2.92 bits per heavy atom. The van der Waals surface area contributed by atoms with E-state index in [4.69, 9.17) is 4.98 Å². The van der Waals surface area contributed by atoms with Gasteiger partial charge in [0.05, 0.1) is 16.6 Å². The van der Waals surface area contributed by atoms with Gasteiger partial charge in [0.2, 0.25) is 0 Å². The molecule has 1 N–H and O–H groups in total. The maximum Gasteiger partial charge on any atom is 0.259 e. The zero-order valence-corrected chi connectivity index (χ0v) is 15.2. The van der Waals surface area contributed by atoms with Crippen molar-refractivity contribution in [2.75, 3.05) is 24.3 Å². The van der Waals surface area contributed by atoms with Crippen molar-refractivity contribution in [3.63, 3.8) is 0 Å². The number of amides is 1. The van der Waals surface area contributed by atoms with E-state index in [1.54, 1.807) is 18.3 Å². The number of nitrogens with one attached hydrogen (secondary N) is 1. The van der Waals surface area contributed by atoms with E-state index in [2.05, 4.69) is 20.9 Å². The number of fused-ring (bicyclic) bond motifs is 3. The Hall–Kier alpha value is -2.89. The molecule has 0 radical (unpaired) electrons. The molecule has 0 saturated carbocycles. The molecule has 0 spiro atoms. The summed E-state index contributed by atoms with van der Waals surface area (Å²) in [5.41, 5.74) is 3.40. The summed E-state index contributed by atoms with van der Waals surface area (Å²) in [6.45, 7) is 1.03. The van der Waals surface area contributed by atoms with Crippen LogP contribution in [0.3, 0.4) is 0 Å². The minimum absolute atomic E-state index is 0.165. The quantitative estimate of drug-likeness (QED) is 0.786. The van der Waals surface area contributed by atoms with E-state index in [1.165, 1.54) is 19.3 Å². The fourth-order valence-electron chi connectivity index (χ4n) is 3.56. The summed E-state index contributed by atoms with van der Waals surface area (Å²) in [6, 6.07) is 9.53. The molecule has 3 aromatic rings. The van der Waals surface area contributed by atoms with Gasteiger partial charge in [-0.2, -0.15) is 0 Å². The molecule has 26 heavy (non-hydrogen) atoms. The molecule has 2 aromatic heterocycles. The predicted molar refractivity (Wildman–Crippen MR) is 104 cm³/mol. The van der Waals surface area contributed by atoms with Crippen LogP contribution >= 0.6 is 0 Å². The molecule has 0 fully saturated rings. The molecular weight excluding hydrogens is 326 g/mol. The van der Waals surface area contributed by atoms with Crippen LogP contribution in [0.5, 0.6) is 0 Å². The molecule has 6 heteroatoms. The average Bonchev–Trinajstić information content (AvgIpc) is 2.82. The molecular formula is C20H23N5O. The maximum atomic E-state index is 12.7. The number of carbonyl (C=O) groups excluding carboxylic acids is 1. The molecule has 0 saturated heterocycles. The van der Waals surface area contributed by atoms with Crippen LogP contribution in [0.25, 0.3) is 11.0 Å². The molecule has 1 aliphatic heterocycles. The molecule has 3 heterocycles. The molecule has 134 valence electrons. The van der Waals surface area contributed by atoms with Gasteiger partial charge in [0.1, 0.15) is 11.6 Å². The van der Waals surface area contributed by atoms with Crippen molar-refractivity contribution in [2.24, 2.45) is 0 Å². The number of carbonyl (C=O) groups is 1. The molecule has 4 rings (SSSR count). The van der Waals surface area contributed by atoms with Crippen molar-refractivity contribution >= 4 is 28.4 Å². The van der Waals surface area contributed by atoms with E-state index < -0.39 is 0 Å². The normalized spacial score (nSPS) is 13.9. The molecule has 1 aromatic carbocycles. The summed E-state index contributed by atoms with van der Waals surface area (Å²) in [7, 11) is 3.76. The first kappa shape index (κ1) is 16.6. The number of aryl methyl sites for hydroxylation is 2. The fourth-order valence-corrected chi connectivity index (χ4v) is 3.56. The molecule has 1 amide bonds. The molecule has 1 aliphatic rings. The molecule has 0 aliphatic carbocycles. The topological polar surface area (TPSA) is 63.1 Å². The van der Waals surface area contributed by atoms with Gasteiger partial charge >= 0.3 is 0 Å². The Morgan fingerprint density at radius 1 is 1.19 bits per heavy atom. The Labute approximate surface area is 152 Å². The van der Waals surface area contributed by atoms with Crippen LogP contribution in [0.4, 0.5) is 11.5 Å². The Bertz CT molecular complexity index is 960. The van der Waals surface area contributed by atoms with Crippen molar-refractivity contribution in [3.8, 4) is 0 Å². The van der Waals surface area contributed by atoms with Crippen LogP contribution in [0.1, 0.15) is 35.4 Å². The first-order chi connectivity index (χ1) is 12.6. The lowest BCUT2D eigenvalue weighted by atomic mass is 10.2. The van der Waals surface area contributed by atoms with Crippen LogP contribution in [-0.2, 0) is 13.0 Å². The maximum absolute atomic E-state index is 12.7. The van der Waals surface area contributed by atoms with Crippen molar-refractivity contribution in [2.45, 2.75) is 32.2 Å². The second-order valence-corrected chi connectivity index (χ2v) is 6.92. The first-order valence-electron chi connectivity index (χ1n) is 9.06. The van der Waals surface area contributed by atoms with Crippen LogP contribution < -0.4 is 10.2 Å². The molecule has 0 bridgehead atoms. The van der Waals surface area contributed by atoms with Crippen LogP contribution in [0, 0.1) is 0 Å². The third-order valence-corrected chi connectivity index (χ3v) is 4.82. The van der Waals surface area contributed by atoms with Crippen molar-refractivity contribution < 1.29 is 4.79 Å². The summed E-state index contributed by atoms with van der Waals surface area (Å²) in [5, 5.41) is 2.98. The summed E-state index contributed by atoms with van der Waals surface area (Å²) in [5.74, 6) is 1.64. The number of benzene rings is 1. The van der Waals surface area contributed by atoms with Gasteiger partial charge in [-0.1, -0.05) is 6.42 Å². The van der Waals surface area contributed by atoms with Crippen LogP contribution in [0.15, 0.2) is 36.5 Å². The second-order valence-electron chi connectivity index (χ2n) is 6.92. The average molecular weight is 349 g/mol. The number of rotatable bonds is 3. The lowest BCUT2D eigenvalue weighted by molar-refractivity contribution is 0.102. The number of aromatic nitrogens is 3. The second kappa shape index (κ2) is 6.78. The fraction of sp³-hybridized carbons (Fsp3) is 0.350. The van der Waals surface area contributed by atoms with E-state index in [0.29, 0.717) is 11.4 Å². The number of anilines is 2. The van der Waals surface area contributed by atoms with Gasteiger partial charge < -0.3 is 14.8 Å². The van der Waals surface area contributed by atoms with E-state index in [9.17, 15) is 4.79 Å². The smallest absolute Gasteiger partial charge is 0.259 e. The van der Waals surface area contributed by atoms with Gasteiger partial charge in [-0.25, -0.2) is 9.97 Å². The summed E-state index contributed by atoms with van der Waals surface area (Å²) >= 11 is 0. The van der Waals surface area contributed by atoms with Crippen LogP contribution in [0.2, 0.25) is 0 Å². The Morgan fingerprint density at radius 2 is 2.08 bits per heavy atom. The number of hydrogen-bond donors (Lipinski definition) is 1. The third kappa shape index (κ3) is 3.03. The Balaban J connectivity index is 1.63. The Kier molecular flexibility index (Phi) is 4.32. The highest BCUT2D eigenvalue weighted by Crippen LogP contribution is 2.25. The van der Waals surface area contributed by atoms with E-state index in [-0.39, 0.29) is 5.91 Å². The summed E-state index contributed by atoms with van der Waals surface area (Å²) in [4.78, 5) is 23.6. The number of pyridine rings is 1. The summed E-state index contributed by atoms with van der Waals surface area (Å²) in [6.07, 6.45) is 6.37. The van der Waals surface area contributed by atoms with Gasteiger partial charge in [0.15, 0.2) is 0 Å². The van der Waals surface area contributed by atoms with Crippen molar-refractivity contribution in [3.05, 3.63) is 47.9 Å². The van der Waals surface area contributed by atoms with Gasteiger partial charge in [-0.05, 0) is 43.2 Å². The standard InChI is InChI=1S/C20H23N5O/c1-24(2)19-15(7-6-11-21-19)20(26)22-14-9-10-17-16(13-14)23-18-8-4-3-5-12-25(17)18/h6-7,9-11,13H,3-5,8,12H2,1-2H3,(H,22,26). The number of hydrogen-bond acceptors (Lipinski definition) is 4. The van der Waals surface area contributed by atoms with Crippen molar-refractivity contribution in [1.82, 2.24) is 14.5 Å². The van der Waals surface area contributed by atoms with Crippen LogP contribution in [-0.4, -0.2) is 34.5 Å². The minimum Gasteiger partial charge on any atom is -0.362 e. The highest BCUT2D eigenvalue weighted by Gasteiger charge is 2.16. The molecule has 0 unspecified atom stereocenters. The van der Waals surface area contributed by atoms with Crippen molar-refractivity contribution in [1.29, 1.82) is 0 Å². The van der Waals surface area contributed by atoms with Gasteiger partial charge in [0, 0.05) is 38.9 Å². The first-order valence-corrected chi connectivity index (χ1v) is 9.06. The highest BCUT2D eigenvalue weighted by molar-refractivity contribution is 6.08. The minimum atomic E-state index is -0.165. The molecule has 6 nitrogen and oxygen atoms in total. The van der Waals surface area contributed by atoms with E-state index in [1.807, 2.05) is 31.1 Å². The monoisotopic (exact) mass is 349 g/mol. The SMILES string of the molecule is CN(C)c1ncccc1C(=O)Nc1ccc2c(c1)nc1n2CCCCC1. The number of imidazole rings is 1.